The van der Waals surface area contributed by atoms with E-state index in [1.807, 2.05) is 0 Å². The van der Waals surface area contributed by atoms with Gasteiger partial charge >= 0.3 is 17.1 Å². The van der Waals surface area contributed by atoms with Crippen LogP contribution < -0.4 is 9.30 Å². The van der Waals surface area contributed by atoms with Gasteiger partial charge in [-0.15, -0.1) is 0 Å². The predicted octanol–water partition coefficient (Wildman–Crippen LogP) is 2.74. The second-order valence-corrected chi connectivity index (χ2v) is 27.3. The second-order valence-electron chi connectivity index (χ2n) is 8.00. The molecule has 1 aliphatic rings. The fourth-order valence-electron chi connectivity index (χ4n) is 3.45. The summed E-state index contributed by atoms with van der Waals surface area (Å²) in [5.74, 6) is 0. The lowest BCUT2D eigenvalue weighted by Crippen LogP contribution is -2.77. The van der Waals surface area contributed by atoms with E-state index in [1.165, 1.54) is 0 Å². The van der Waals surface area contributed by atoms with E-state index < -0.39 is 42.5 Å². The highest BCUT2D eigenvalue weighted by Crippen LogP contribution is 2.25. The third kappa shape index (κ3) is 6.33. The molecular weight excluding hydrogens is 337 g/mol. The lowest BCUT2D eigenvalue weighted by atomic mass is 11.9. The van der Waals surface area contributed by atoms with E-state index in [4.69, 9.17) is 12.3 Å². The van der Waals surface area contributed by atoms with Crippen LogP contribution in [0.5, 0.6) is 0 Å². The molecule has 2 N–H and O–H groups in total. The van der Waals surface area contributed by atoms with Crippen LogP contribution in [0.1, 0.15) is 0 Å². The predicted molar refractivity (Wildman–Crippen MR) is 96.9 cm³/mol. The first kappa shape index (κ1) is 18.9. The normalized spacial score (nSPS) is 31.5. The maximum absolute atomic E-state index is 6.45. The molecule has 5 nitrogen and oxygen atoms in total. The summed E-state index contributed by atoms with van der Waals surface area (Å²) in [6.07, 6.45) is 0. The van der Waals surface area contributed by atoms with Crippen LogP contribution in [0.3, 0.4) is 0 Å². The fraction of sp³-hybridized carbons (Fsp3) is 1.00. The highest BCUT2D eigenvalue weighted by Gasteiger charge is 2.48. The Morgan fingerprint density at radius 3 is 1.10 bits per heavy atom. The SMILES string of the molecule is C[Si]1(C)N[Si](C)(C)O[Si](C)(C)O[Si](C)(C)O[Si](C)(C)N1. The quantitative estimate of drug-likeness (QED) is 0.644. The highest BCUT2D eigenvalue weighted by molar-refractivity contribution is 6.98. The molecule has 0 unspecified atom stereocenters. The molecule has 0 spiro atoms. The van der Waals surface area contributed by atoms with Gasteiger partial charge in [-0.1, -0.05) is 0 Å². The first-order valence-electron chi connectivity index (χ1n) is 7.22. The van der Waals surface area contributed by atoms with Crippen molar-refractivity contribution in [3.63, 3.8) is 0 Å². The lowest BCUT2D eigenvalue weighted by Gasteiger charge is -2.47. The monoisotopic (exact) mass is 368 g/mol. The maximum Gasteiger partial charge on any atom is 0.313 e. The summed E-state index contributed by atoms with van der Waals surface area (Å²) < 4.78 is 26.9. The first-order chi connectivity index (χ1) is 8.54. The van der Waals surface area contributed by atoms with Crippen LogP contribution in [-0.4, -0.2) is 42.5 Å². The Labute approximate surface area is 129 Å². The van der Waals surface area contributed by atoms with Gasteiger partial charge in [-0.25, -0.2) is 0 Å². The van der Waals surface area contributed by atoms with Gasteiger partial charge in [0.15, 0.2) is 8.40 Å². The zero-order valence-corrected chi connectivity index (χ0v) is 19.7. The Morgan fingerprint density at radius 1 is 0.500 bits per heavy atom. The first-order valence-corrected chi connectivity index (χ1v) is 21.7. The zero-order chi connectivity index (χ0) is 16.0. The summed E-state index contributed by atoms with van der Waals surface area (Å²) >= 11 is 0. The molecule has 0 aromatic rings. The van der Waals surface area contributed by atoms with Crippen LogP contribution in [0.15, 0.2) is 0 Å². The van der Waals surface area contributed by atoms with Gasteiger partial charge in [-0.2, -0.15) is 0 Å². The molecule has 0 saturated carbocycles. The summed E-state index contributed by atoms with van der Waals surface area (Å²) in [6.45, 7) is 22.1. The molecule has 20 heavy (non-hydrogen) atoms. The molecule has 0 aromatic carbocycles. The minimum absolute atomic E-state index is 1.76. The smallest absolute Gasteiger partial charge is 0.313 e. The molecule has 1 fully saturated rings. The highest BCUT2D eigenvalue weighted by atomic mass is 28.5. The summed E-state index contributed by atoms with van der Waals surface area (Å²) in [7, 11) is -10.0. The lowest BCUT2D eigenvalue weighted by molar-refractivity contribution is 0.324. The van der Waals surface area contributed by atoms with Crippen molar-refractivity contribution < 1.29 is 12.3 Å². The van der Waals surface area contributed by atoms with Crippen LogP contribution in [0, 0.1) is 0 Å². The van der Waals surface area contributed by atoms with E-state index in [2.05, 4.69) is 74.8 Å². The number of rotatable bonds is 0. The van der Waals surface area contributed by atoms with Crippen molar-refractivity contribution in [2.45, 2.75) is 65.5 Å². The van der Waals surface area contributed by atoms with Gasteiger partial charge in [-0.3, -0.25) is 0 Å². The minimum Gasteiger partial charge on any atom is -0.425 e. The average molecular weight is 369 g/mol. The molecule has 0 aromatic heterocycles. The number of nitrogens with one attached hydrogen (secondary N) is 2. The summed E-state index contributed by atoms with van der Waals surface area (Å²) in [5.41, 5.74) is 0. The van der Waals surface area contributed by atoms with Gasteiger partial charge in [0.2, 0.25) is 17.0 Å². The maximum atomic E-state index is 6.45. The molecule has 0 amide bonds. The summed E-state index contributed by atoms with van der Waals surface area (Å²) in [4.78, 5) is 0. The fourth-order valence-corrected chi connectivity index (χ4v) is 33.3. The minimum atomic E-state index is -2.17. The number of hydrogen-bond donors (Lipinski definition) is 2. The van der Waals surface area contributed by atoms with Crippen molar-refractivity contribution in [1.29, 1.82) is 0 Å². The van der Waals surface area contributed by atoms with E-state index in [1.54, 1.807) is 0 Å². The average Bonchev–Trinajstić information content (AvgIpc) is 1.84. The van der Waals surface area contributed by atoms with Crippen molar-refractivity contribution in [1.82, 2.24) is 9.30 Å². The van der Waals surface area contributed by atoms with Crippen LogP contribution in [-0.2, 0) is 12.3 Å². The molecule has 1 aliphatic heterocycles. The molecular formula is C10H32N2O3Si5. The summed E-state index contributed by atoms with van der Waals surface area (Å²) in [5, 5.41) is 0. The van der Waals surface area contributed by atoms with Gasteiger partial charge < -0.3 is 21.6 Å². The van der Waals surface area contributed by atoms with Gasteiger partial charge in [0.05, 0.1) is 0 Å². The van der Waals surface area contributed by atoms with Crippen molar-refractivity contribution in [3.05, 3.63) is 0 Å². The van der Waals surface area contributed by atoms with Crippen molar-refractivity contribution >= 4 is 42.5 Å². The molecule has 1 saturated heterocycles. The van der Waals surface area contributed by atoms with E-state index in [0.29, 0.717) is 0 Å². The Balaban J connectivity index is 3.15. The number of hydrogen-bond acceptors (Lipinski definition) is 5. The second kappa shape index (κ2) is 5.51. The Morgan fingerprint density at radius 2 is 0.800 bits per heavy atom. The van der Waals surface area contributed by atoms with Gasteiger partial charge in [0, 0.05) is 0 Å². The molecule has 1 heterocycles. The molecule has 1 rings (SSSR count). The standard InChI is InChI=1S/C10H32N2O3Si5/c1-16(2)11-17(3,4)13-19(7,8)15-20(9,10)14-18(5,6)12-16/h11-12H,1-10H3. The third-order valence-corrected chi connectivity index (χ3v) is 24.5. The molecule has 10 heteroatoms. The molecule has 120 valence electrons. The Kier molecular flexibility index (Phi) is 5.21. The van der Waals surface area contributed by atoms with E-state index >= 15 is 0 Å². The van der Waals surface area contributed by atoms with Gasteiger partial charge in [0.25, 0.3) is 0 Å². The van der Waals surface area contributed by atoms with Gasteiger partial charge in [-0.05, 0) is 65.5 Å². The van der Waals surface area contributed by atoms with E-state index in [-0.39, 0.29) is 0 Å². The largest absolute Gasteiger partial charge is 0.425 e. The van der Waals surface area contributed by atoms with Crippen LogP contribution in [0.4, 0.5) is 0 Å². The van der Waals surface area contributed by atoms with Crippen LogP contribution in [0.25, 0.3) is 0 Å². The molecule has 0 aliphatic carbocycles. The van der Waals surface area contributed by atoms with Gasteiger partial charge in [0.1, 0.15) is 0 Å². The van der Waals surface area contributed by atoms with Crippen molar-refractivity contribution in [3.8, 4) is 0 Å². The van der Waals surface area contributed by atoms with Crippen molar-refractivity contribution in [2.75, 3.05) is 0 Å². The van der Waals surface area contributed by atoms with Crippen molar-refractivity contribution in [2.24, 2.45) is 0 Å². The molecule has 0 radical (unpaired) electrons. The zero-order valence-electron chi connectivity index (χ0n) is 14.7. The summed E-state index contributed by atoms with van der Waals surface area (Å²) in [6, 6.07) is 0. The molecule has 0 bridgehead atoms. The Hall–Kier alpha value is 0.884. The third-order valence-electron chi connectivity index (χ3n) is 2.72. The van der Waals surface area contributed by atoms with Crippen LogP contribution >= 0.6 is 0 Å². The van der Waals surface area contributed by atoms with Crippen LogP contribution in [0.2, 0.25) is 65.5 Å². The van der Waals surface area contributed by atoms with E-state index in [9.17, 15) is 0 Å². The topological polar surface area (TPSA) is 51.8 Å². The molecule has 0 atom stereocenters. The Bertz CT molecular complexity index is 273. The van der Waals surface area contributed by atoms with E-state index in [0.717, 1.165) is 0 Å².